The second-order valence-electron chi connectivity index (χ2n) is 4.72. The summed E-state index contributed by atoms with van der Waals surface area (Å²) in [5.41, 5.74) is 0.599. The lowest BCUT2D eigenvalue weighted by Crippen LogP contribution is -2.25. The van der Waals surface area contributed by atoms with Gasteiger partial charge in [0.25, 0.3) is 0 Å². The molecule has 1 aromatic carbocycles. The Morgan fingerprint density at radius 1 is 1.50 bits per heavy atom. The first kappa shape index (κ1) is 14.8. The minimum atomic E-state index is -0.580. The highest BCUT2D eigenvalue weighted by Crippen LogP contribution is 2.41. The van der Waals surface area contributed by atoms with Crippen LogP contribution >= 0.6 is 11.6 Å². The molecule has 100 valence electrons. The molecule has 0 aliphatic rings. The molecule has 0 radical (unpaired) electrons. The molecule has 0 unspecified atom stereocenters. The maximum Gasteiger partial charge on any atom is 0.221 e. The van der Waals surface area contributed by atoms with Gasteiger partial charge in [-0.3, -0.25) is 4.79 Å². The number of amides is 1. The van der Waals surface area contributed by atoms with Crippen molar-refractivity contribution in [3.63, 3.8) is 0 Å². The monoisotopic (exact) mass is 271 g/mol. The number of aliphatic hydroxyl groups excluding tert-OH is 1. The van der Waals surface area contributed by atoms with E-state index in [2.05, 4.69) is 5.32 Å². The van der Waals surface area contributed by atoms with E-state index in [1.807, 2.05) is 13.8 Å². The van der Waals surface area contributed by atoms with Gasteiger partial charge in [-0.25, -0.2) is 0 Å². The maximum atomic E-state index is 11.3. The molecular formula is C13H18ClNO3. The van der Waals surface area contributed by atoms with Gasteiger partial charge in [0, 0.05) is 22.9 Å². The smallest absolute Gasteiger partial charge is 0.221 e. The first-order valence-electron chi connectivity index (χ1n) is 5.59. The molecular weight excluding hydrogens is 254 g/mol. The maximum absolute atomic E-state index is 11.3. The summed E-state index contributed by atoms with van der Waals surface area (Å²) >= 11 is 6.19. The summed E-state index contributed by atoms with van der Waals surface area (Å²) in [6.07, 6.45) is 0. The molecule has 0 bridgehead atoms. The van der Waals surface area contributed by atoms with Crippen molar-refractivity contribution in [2.24, 2.45) is 0 Å². The number of nitrogens with one attached hydrogen (secondary N) is 1. The number of carbonyl (C=O) groups excluding carboxylic acids is 1. The quantitative estimate of drug-likeness (QED) is 0.885. The van der Waals surface area contributed by atoms with Crippen molar-refractivity contribution < 1.29 is 14.6 Å². The summed E-state index contributed by atoms with van der Waals surface area (Å²) in [6, 6.07) is 3.38. The van der Waals surface area contributed by atoms with Gasteiger partial charge < -0.3 is 15.2 Å². The average Bonchev–Trinajstić information content (AvgIpc) is 2.28. The van der Waals surface area contributed by atoms with E-state index in [1.165, 1.54) is 14.0 Å². The Bertz CT molecular complexity index is 458. The Morgan fingerprint density at radius 2 is 2.11 bits per heavy atom. The molecule has 0 aromatic heterocycles. The SMILES string of the molecule is COc1ccc(Cl)c(C(C)(C)CO)c1NC(C)=O. The second kappa shape index (κ2) is 5.59. The van der Waals surface area contributed by atoms with E-state index in [1.54, 1.807) is 12.1 Å². The molecule has 0 saturated carbocycles. The number of aliphatic hydroxyl groups is 1. The third-order valence-corrected chi connectivity index (χ3v) is 3.02. The summed E-state index contributed by atoms with van der Waals surface area (Å²) in [5.74, 6) is 0.302. The molecule has 0 aliphatic heterocycles. The van der Waals surface area contributed by atoms with Crippen molar-refractivity contribution in [2.45, 2.75) is 26.2 Å². The standard InChI is InChI=1S/C13H18ClNO3/c1-8(17)15-12-10(18-4)6-5-9(14)11(12)13(2,3)7-16/h5-6,16H,7H2,1-4H3,(H,15,17). The summed E-state index contributed by atoms with van der Waals surface area (Å²) in [5, 5.41) is 12.7. The van der Waals surface area contributed by atoms with Gasteiger partial charge in [-0.05, 0) is 12.1 Å². The molecule has 5 heteroatoms. The second-order valence-corrected chi connectivity index (χ2v) is 5.13. The van der Waals surface area contributed by atoms with Crippen molar-refractivity contribution in [2.75, 3.05) is 19.0 Å². The molecule has 4 nitrogen and oxygen atoms in total. The van der Waals surface area contributed by atoms with Crippen molar-refractivity contribution >= 4 is 23.2 Å². The van der Waals surface area contributed by atoms with Crippen LogP contribution in [0.3, 0.4) is 0 Å². The number of hydrogen-bond acceptors (Lipinski definition) is 3. The molecule has 1 amide bonds. The van der Waals surface area contributed by atoms with Gasteiger partial charge in [0.1, 0.15) is 5.75 Å². The van der Waals surface area contributed by atoms with E-state index in [-0.39, 0.29) is 12.5 Å². The third kappa shape index (κ3) is 2.94. The fourth-order valence-electron chi connectivity index (χ4n) is 1.77. The van der Waals surface area contributed by atoms with Gasteiger partial charge >= 0.3 is 0 Å². The van der Waals surface area contributed by atoms with Crippen molar-refractivity contribution in [3.8, 4) is 5.75 Å². The minimum Gasteiger partial charge on any atom is -0.495 e. The highest BCUT2D eigenvalue weighted by Gasteiger charge is 2.28. The first-order valence-corrected chi connectivity index (χ1v) is 5.96. The molecule has 1 aromatic rings. The van der Waals surface area contributed by atoms with Crippen molar-refractivity contribution in [1.29, 1.82) is 0 Å². The Labute approximate surface area is 112 Å². The van der Waals surface area contributed by atoms with Crippen LogP contribution in [0, 0.1) is 0 Å². The summed E-state index contributed by atoms with van der Waals surface area (Å²) in [6.45, 7) is 5.01. The molecule has 0 aliphatic carbocycles. The normalized spacial score (nSPS) is 11.2. The Hall–Kier alpha value is -1.26. The van der Waals surface area contributed by atoms with Gasteiger partial charge in [-0.2, -0.15) is 0 Å². The summed E-state index contributed by atoms with van der Waals surface area (Å²) in [4.78, 5) is 11.3. The molecule has 0 fully saturated rings. The lowest BCUT2D eigenvalue weighted by atomic mass is 9.84. The molecule has 0 saturated heterocycles. The summed E-state index contributed by atoms with van der Waals surface area (Å²) in [7, 11) is 1.52. The van der Waals surface area contributed by atoms with Crippen molar-refractivity contribution in [3.05, 3.63) is 22.7 Å². The van der Waals surface area contributed by atoms with Crippen LogP contribution in [-0.4, -0.2) is 24.7 Å². The highest BCUT2D eigenvalue weighted by atomic mass is 35.5. The Kier molecular flexibility index (Phi) is 4.59. The van der Waals surface area contributed by atoms with Gasteiger partial charge in [-0.1, -0.05) is 25.4 Å². The van der Waals surface area contributed by atoms with E-state index in [0.717, 1.165) is 0 Å². The van der Waals surface area contributed by atoms with Crippen LogP contribution in [0.5, 0.6) is 5.75 Å². The van der Waals surface area contributed by atoms with Crippen LogP contribution in [0.4, 0.5) is 5.69 Å². The fraction of sp³-hybridized carbons (Fsp3) is 0.462. The zero-order valence-corrected chi connectivity index (χ0v) is 11.8. The van der Waals surface area contributed by atoms with Gasteiger partial charge in [0.15, 0.2) is 0 Å². The largest absolute Gasteiger partial charge is 0.495 e. The topological polar surface area (TPSA) is 58.6 Å². The molecule has 0 atom stereocenters. The van der Waals surface area contributed by atoms with Gasteiger partial charge in [0.2, 0.25) is 5.91 Å². The fourth-order valence-corrected chi connectivity index (χ4v) is 2.18. The van der Waals surface area contributed by atoms with E-state index < -0.39 is 5.41 Å². The van der Waals surface area contributed by atoms with E-state index in [4.69, 9.17) is 16.3 Å². The average molecular weight is 272 g/mol. The predicted octanol–water partition coefficient (Wildman–Crippen LogP) is 2.58. The first-order chi connectivity index (χ1) is 8.33. The number of carbonyl (C=O) groups is 1. The number of halogens is 1. The van der Waals surface area contributed by atoms with Crippen LogP contribution < -0.4 is 10.1 Å². The van der Waals surface area contributed by atoms with Crippen LogP contribution in [0.15, 0.2) is 12.1 Å². The highest BCUT2D eigenvalue weighted by molar-refractivity contribution is 6.32. The Balaban J connectivity index is 3.50. The number of benzene rings is 1. The van der Waals surface area contributed by atoms with E-state index in [0.29, 0.717) is 22.0 Å². The van der Waals surface area contributed by atoms with Crippen LogP contribution in [-0.2, 0) is 10.2 Å². The number of methoxy groups -OCH3 is 1. The molecule has 2 N–H and O–H groups in total. The lowest BCUT2D eigenvalue weighted by molar-refractivity contribution is -0.114. The minimum absolute atomic E-state index is 0.0908. The third-order valence-electron chi connectivity index (χ3n) is 2.71. The summed E-state index contributed by atoms with van der Waals surface area (Å²) < 4.78 is 5.23. The van der Waals surface area contributed by atoms with Gasteiger partial charge in [0.05, 0.1) is 19.4 Å². The molecule has 0 heterocycles. The number of hydrogen-bond donors (Lipinski definition) is 2. The van der Waals surface area contributed by atoms with Gasteiger partial charge in [-0.15, -0.1) is 0 Å². The van der Waals surface area contributed by atoms with Crippen LogP contribution in [0.1, 0.15) is 26.3 Å². The molecule has 1 rings (SSSR count). The van der Waals surface area contributed by atoms with Crippen LogP contribution in [0.2, 0.25) is 5.02 Å². The number of rotatable bonds is 4. The van der Waals surface area contributed by atoms with E-state index in [9.17, 15) is 9.90 Å². The lowest BCUT2D eigenvalue weighted by Gasteiger charge is -2.27. The number of ether oxygens (including phenoxy) is 1. The zero-order valence-electron chi connectivity index (χ0n) is 11.0. The predicted molar refractivity (Wildman–Crippen MR) is 72.4 cm³/mol. The van der Waals surface area contributed by atoms with Crippen molar-refractivity contribution in [1.82, 2.24) is 0 Å². The molecule has 0 spiro atoms. The molecule has 18 heavy (non-hydrogen) atoms. The van der Waals surface area contributed by atoms with E-state index >= 15 is 0 Å². The number of anilines is 1. The Morgan fingerprint density at radius 3 is 2.56 bits per heavy atom. The van der Waals surface area contributed by atoms with Crippen LogP contribution in [0.25, 0.3) is 0 Å². The zero-order chi connectivity index (χ0) is 13.9.